The third kappa shape index (κ3) is 1.90. The van der Waals surface area contributed by atoms with Gasteiger partial charge in [0.25, 0.3) is 5.91 Å². The third-order valence-electron chi connectivity index (χ3n) is 3.96. The first-order chi connectivity index (χ1) is 8.68. The molecule has 1 aliphatic rings. The van der Waals surface area contributed by atoms with Gasteiger partial charge in [-0.15, -0.1) is 0 Å². The monoisotopic (exact) mass is 242 g/mol. The molecule has 0 aliphatic heterocycles. The van der Waals surface area contributed by atoms with E-state index in [4.69, 9.17) is 0 Å². The molecule has 1 heterocycles. The number of aromatic nitrogens is 1. The molecule has 0 atom stereocenters. The summed E-state index contributed by atoms with van der Waals surface area (Å²) in [6.07, 6.45) is 6.40. The second-order valence-corrected chi connectivity index (χ2v) is 5.47. The van der Waals surface area contributed by atoms with Gasteiger partial charge in [-0.25, -0.2) is 0 Å². The number of hydrogen-bond donors (Lipinski definition) is 2. The highest BCUT2D eigenvalue weighted by Gasteiger charge is 2.30. The van der Waals surface area contributed by atoms with Crippen molar-refractivity contribution in [2.75, 3.05) is 0 Å². The number of fused-ring (bicyclic) bond motifs is 1. The predicted molar refractivity (Wildman–Crippen MR) is 72.6 cm³/mol. The Morgan fingerprint density at radius 1 is 1.28 bits per heavy atom. The van der Waals surface area contributed by atoms with Gasteiger partial charge < -0.3 is 10.3 Å². The SMILES string of the molecule is CC1(NC(=O)c2c[nH]c3ccccc23)CCCC1. The lowest BCUT2D eigenvalue weighted by atomic mass is 10.00. The van der Waals surface area contributed by atoms with Gasteiger partial charge in [-0.1, -0.05) is 31.0 Å². The molecule has 1 fully saturated rings. The number of rotatable bonds is 2. The summed E-state index contributed by atoms with van der Waals surface area (Å²) >= 11 is 0. The fourth-order valence-electron chi connectivity index (χ4n) is 2.88. The summed E-state index contributed by atoms with van der Waals surface area (Å²) in [5, 5.41) is 4.19. The Morgan fingerprint density at radius 3 is 2.78 bits per heavy atom. The van der Waals surface area contributed by atoms with Crippen LogP contribution in [-0.4, -0.2) is 16.4 Å². The van der Waals surface area contributed by atoms with Gasteiger partial charge in [0.1, 0.15) is 0 Å². The van der Waals surface area contributed by atoms with Crippen LogP contribution in [0.5, 0.6) is 0 Å². The highest BCUT2D eigenvalue weighted by atomic mass is 16.1. The molecule has 1 amide bonds. The molecule has 2 N–H and O–H groups in total. The zero-order chi connectivity index (χ0) is 12.6. The van der Waals surface area contributed by atoms with Crippen LogP contribution in [0.1, 0.15) is 43.0 Å². The van der Waals surface area contributed by atoms with Crippen molar-refractivity contribution >= 4 is 16.8 Å². The Kier molecular flexibility index (Phi) is 2.62. The second-order valence-electron chi connectivity index (χ2n) is 5.47. The zero-order valence-corrected chi connectivity index (χ0v) is 10.6. The van der Waals surface area contributed by atoms with E-state index in [0.29, 0.717) is 0 Å². The Bertz CT molecular complexity index is 579. The predicted octanol–water partition coefficient (Wildman–Crippen LogP) is 3.23. The Hall–Kier alpha value is -1.77. The molecule has 2 aromatic rings. The fourth-order valence-corrected chi connectivity index (χ4v) is 2.88. The number of amides is 1. The van der Waals surface area contributed by atoms with E-state index in [1.54, 1.807) is 6.20 Å². The molecule has 94 valence electrons. The van der Waals surface area contributed by atoms with Crippen molar-refractivity contribution in [2.45, 2.75) is 38.1 Å². The maximum Gasteiger partial charge on any atom is 0.253 e. The summed E-state index contributed by atoms with van der Waals surface area (Å²) in [5.74, 6) is 0.0388. The second kappa shape index (κ2) is 4.16. The highest BCUT2D eigenvalue weighted by molar-refractivity contribution is 6.06. The summed E-state index contributed by atoms with van der Waals surface area (Å²) in [6, 6.07) is 7.91. The van der Waals surface area contributed by atoms with E-state index in [2.05, 4.69) is 17.2 Å². The normalized spacial score (nSPS) is 18.1. The number of carbonyl (C=O) groups excluding carboxylic acids is 1. The maximum absolute atomic E-state index is 12.3. The standard InChI is InChI=1S/C15H18N2O/c1-15(8-4-5-9-15)17-14(18)12-10-16-13-7-3-2-6-11(12)13/h2-3,6-7,10,16H,4-5,8-9H2,1H3,(H,17,18). The van der Waals surface area contributed by atoms with Crippen molar-refractivity contribution in [3.05, 3.63) is 36.0 Å². The molecule has 3 rings (SSSR count). The minimum atomic E-state index is -0.0184. The van der Waals surface area contributed by atoms with Crippen LogP contribution in [0.15, 0.2) is 30.5 Å². The molecular formula is C15H18N2O. The van der Waals surface area contributed by atoms with E-state index in [-0.39, 0.29) is 11.4 Å². The smallest absolute Gasteiger partial charge is 0.253 e. The lowest BCUT2D eigenvalue weighted by Gasteiger charge is -2.25. The minimum Gasteiger partial charge on any atom is -0.360 e. The van der Waals surface area contributed by atoms with E-state index in [1.807, 2.05) is 24.3 Å². The van der Waals surface area contributed by atoms with E-state index in [0.717, 1.165) is 29.3 Å². The molecule has 1 aliphatic carbocycles. The van der Waals surface area contributed by atoms with E-state index in [1.165, 1.54) is 12.8 Å². The van der Waals surface area contributed by atoms with Crippen molar-refractivity contribution in [1.29, 1.82) is 0 Å². The summed E-state index contributed by atoms with van der Waals surface area (Å²) < 4.78 is 0. The molecule has 1 saturated carbocycles. The average molecular weight is 242 g/mol. The van der Waals surface area contributed by atoms with Crippen molar-refractivity contribution in [3.63, 3.8) is 0 Å². The number of aromatic amines is 1. The maximum atomic E-state index is 12.3. The lowest BCUT2D eigenvalue weighted by molar-refractivity contribution is 0.0910. The summed E-state index contributed by atoms with van der Waals surface area (Å²) in [7, 11) is 0. The van der Waals surface area contributed by atoms with Crippen LogP contribution in [0.2, 0.25) is 0 Å². The van der Waals surface area contributed by atoms with E-state index < -0.39 is 0 Å². The number of carbonyl (C=O) groups is 1. The Labute approximate surface area is 107 Å². The first kappa shape index (κ1) is 11.3. The lowest BCUT2D eigenvalue weighted by Crippen LogP contribution is -2.43. The molecule has 0 bridgehead atoms. The Balaban J connectivity index is 1.88. The molecule has 1 aromatic heterocycles. The molecule has 3 heteroatoms. The van der Waals surface area contributed by atoms with Crippen molar-refractivity contribution in [2.24, 2.45) is 0 Å². The number of para-hydroxylation sites is 1. The number of hydrogen-bond acceptors (Lipinski definition) is 1. The van der Waals surface area contributed by atoms with Gasteiger partial charge in [-0.05, 0) is 25.8 Å². The van der Waals surface area contributed by atoms with Gasteiger partial charge in [-0.3, -0.25) is 4.79 Å². The number of benzene rings is 1. The Morgan fingerprint density at radius 2 is 2.00 bits per heavy atom. The third-order valence-corrected chi connectivity index (χ3v) is 3.96. The molecule has 1 aromatic carbocycles. The van der Waals surface area contributed by atoms with Crippen LogP contribution in [0.3, 0.4) is 0 Å². The van der Waals surface area contributed by atoms with Crippen LogP contribution in [0.4, 0.5) is 0 Å². The molecule has 0 unspecified atom stereocenters. The van der Waals surface area contributed by atoms with Gasteiger partial charge in [0.05, 0.1) is 5.56 Å². The van der Waals surface area contributed by atoms with E-state index >= 15 is 0 Å². The van der Waals surface area contributed by atoms with Gasteiger partial charge >= 0.3 is 0 Å². The van der Waals surface area contributed by atoms with Gasteiger partial charge in [0.15, 0.2) is 0 Å². The highest BCUT2D eigenvalue weighted by Crippen LogP contribution is 2.29. The minimum absolute atomic E-state index is 0.0184. The summed E-state index contributed by atoms with van der Waals surface area (Å²) in [6.45, 7) is 2.15. The average Bonchev–Trinajstić information content (AvgIpc) is 2.95. The molecular weight excluding hydrogens is 224 g/mol. The molecule has 0 spiro atoms. The van der Waals surface area contributed by atoms with Gasteiger partial charge in [0.2, 0.25) is 0 Å². The van der Waals surface area contributed by atoms with Gasteiger partial charge in [0, 0.05) is 22.6 Å². The first-order valence-electron chi connectivity index (χ1n) is 6.57. The van der Waals surface area contributed by atoms with Crippen LogP contribution >= 0.6 is 0 Å². The first-order valence-corrected chi connectivity index (χ1v) is 6.57. The molecule has 0 saturated heterocycles. The van der Waals surface area contributed by atoms with Crippen LogP contribution < -0.4 is 5.32 Å². The molecule has 3 nitrogen and oxygen atoms in total. The molecule has 18 heavy (non-hydrogen) atoms. The topological polar surface area (TPSA) is 44.9 Å². The van der Waals surface area contributed by atoms with E-state index in [9.17, 15) is 4.79 Å². The van der Waals surface area contributed by atoms with Crippen LogP contribution in [0.25, 0.3) is 10.9 Å². The zero-order valence-electron chi connectivity index (χ0n) is 10.6. The quantitative estimate of drug-likeness (QED) is 0.834. The number of nitrogens with one attached hydrogen (secondary N) is 2. The number of H-pyrrole nitrogens is 1. The summed E-state index contributed by atoms with van der Waals surface area (Å²) in [4.78, 5) is 15.5. The summed E-state index contributed by atoms with van der Waals surface area (Å²) in [5.41, 5.74) is 1.74. The fraction of sp³-hybridized carbons (Fsp3) is 0.400. The van der Waals surface area contributed by atoms with Crippen molar-refractivity contribution < 1.29 is 4.79 Å². The van der Waals surface area contributed by atoms with Gasteiger partial charge in [-0.2, -0.15) is 0 Å². The van der Waals surface area contributed by atoms with Crippen molar-refractivity contribution in [1.82, 2.24) is 10.3 Å². The molecule has 0 radical (unpaired) electrons. The van der Waals surface area contributed by atoms with Crippen LogP contribution in [0, 0.1) is 0 Å². The van der Waals surface area contributed by atoms with Crippen LogP contribution in [-0.2, 0) is 0 Å². The van der Waals surface area contributed by atoms with Crippen molar-refractivity contribution in [3.8, 4) is 0 Å². The largest absolute Gasteiger partial charge is 0.360 e.